The molecule has 0 atom stereocenters. The van der Waals surface area contributed by atoms with Gasteiger partial charge >= 0.3 is 0 Å². The molecule has 0 fully saturated rings. The first-order chi connectivity index (χ1) is 16.6. The second-order valence-corrected chi connectivity index (χ2v) is 7.96. The van der Waals surface area contributed by atoms with Gasteiger partial charge in [-0.25, -0.2) is 0 Å². The molecule has 0 aliphatic carbocycles. The summed E-state index contributed by atoms with van der Waals surface area (Å²) in [4.78, 5) is 14.9. The number of aromatic nitrogens is 3. The molecule has 34 heavy (non-hydrogen) atoms. The number of hydrogen-bond acceptors (Lipinski definition) is 7. The molecule has 0 radical (unpaired) electrons. The van der Waals surface area contributed by atoms with Gasteiger partial charge < -0.3 is 20.1 Å². The quantitative estimate of drug-likeness (QED) is 0.360. The molecule has 0 bridgehead atoms. The maximum absolute atomic E-state index is 12.9. The van der Waals surface area contributed by atoms with Gasteiger partial charge in [-0.3, -0.25) is 4.79 Å². The van der Waals surface area contributed by atoms with E-state index in [2.05, 4.69) is 26.0 Å². The highest BCUT2D eigenvalue weighted by Crippen LogP contribution is 2.29. The minimum Gasteiger partial charge on any atom is -0.376 e. The van der Waals surface area contributed by atoms with E-state index in [9.17, 15) is 4.79 Å². The third-order valence-corrected chi connectivity index (χ3v) is 5.35. The third-order valence-electron chi connectivity index (χ3n) is 5.35. The normalized spacial score (nSPS) is 10.8. The van der Waals surface area contributed by atoms with E-state index in [1.54, 1.807) is 24.4 Å². The van der Waals surface area contributed by atoms with Crippen LogP contribution in [0.3, 0.4) is 0 Å². The molecule has 5 rings (SSSR count). The maximum Gasteiger partial charge on any atom is 0.255 e. The Morgan fingerprint density at radius 3 is 2.44 bits per heavy atom. The van der Waals surface area contributed by atoms with Gasteiger partial charge in [-0.1, -0.05) is 35.5 Å². The van der Waals surface area contributed by atoms with Crippen LogP contribution in [0.2, 0.25) is 0 Å². The maximum atomic E-state index is 12.9. The molecular formula is C26H22N6O2. The standard InChI is InChI=1S/C26H22N6O2/c1-32(2)21-15-24(30-27-16-21)28-19-9-11-20(12-10-19)29-26(33)18-8-13-23-22(14-18)25(34-31-23)17-6-4-3-5-7-17/h3-16H,1-2H3,(H,28,30)(H,29,33). The SMILES string of the molecule is CN(C)c1cnnc(Nc2ccc(NC(=O)c3ccc4noc(-c5ccccc5)c4c3)cc2)c1. The first kappa shape index (κ1) is 21.1. The molecule has 2 N–H and O–H groups in total. The van der Waals surface area contributed by atoms with E-state index >= 15 is 0 Å². The number of carbonyl (C=O) groups is 1. The Balaban J connectivity index is 1.31. The van der Waals surface area contributed by atoms with Crippen molar-refractivity contribution in [3.63, 3.8) is 0 Å². The van der Waals surface area contributed by atoms with Crippen LogP contribution >= 0.6 is 0 Å². The van der Waals surface area contributed by atoms with Gasteiger partial charge in [0, 0.05) is 42.7 Å². The number of fused-ring (bicyclic) bond motifs is 1. The van der Waals surface area contributed by atoms with Crippen LogP contribution in [0.1, 0.15) is 10.4 Å². The van der Waals surface area contributed by atoms with Gasteiger partial charge in [-0.2, -0.15) is 5.10 Å². The Morgan fingerprint density at radius 1 is 0.912 bits per heavy atom. The zero-order valence-corrected chi connectivity index (χ0v) is 18.7. The molecule has 0 spiro atoms. The summed E-state index contributed by atoms with van der Waals surface area (Å²) in [6.07, 6.45) is 1.70. The summed E-state index contributed by atoms with van der Waals surface area (Å²) in [5, 5.41) is 19.2. The van der Waals surface area contributed by atoms with Crippen molar-refractivity contribution in [2.75, 3.05) is 29.6 Å². The van der Waals surface area contributed by atoms with Crippen molar-refractivity contribution in [2.45, 2.75) is 0 Å². The first-order valence-corrected chi connectivity index (χ1v) is 10.7. The van der Waals surface area contributed by atoms with Crippen molar-refractivity contribution < 1.29 is 9.32 Å². The lowest BCUT2D eigenvalue weighted by Gasteiger charge is -2.13. The molecule has 0 saturated carbocycles. The van der Waals surface area contributed by atoms with Crippen molar-refractivity contribution in [3.8, 4) is 11.3 Å². The molecule has 2 heterocycles. The highest BCUT2D eigenvalue weighted by molar-refractivity contribution is 6.07. The van der Waals surface area contributed by atoms with E-state index in [0.29, 0.717) is 28.3 Å². The highest BCUT2D eigenvalue weighted by atomic mass is 16.5. The summed E-state index contributed by atoms with van der Waals surface area (Å²) in [6, 6.07) is 24.3. The number of hydrogen-bond donors (Lipinski definition) is 2. The highest BCUT2D eigenvalue weighted by Gasteiger charge is 2.14. The van der Waals surface area contributed by atoms with Crippen LogP contribution < -0.4 is 15.5 Å². The molecule has 2 aromatic heterocycles. The van der Waals surface area contributed by atoms with Crippen molar-refractivity contribution in [3.05, 3.63) is 90.6 Å². The number of benzene rings is 3. The van der Waals surface area contributed by atoms with Crippen molar-refractivity contribution in [2.24, 2.45) is 0 Å². The van der Waals surface area contributed by atoms with E-state index in [-0.39, 0.29) is 5.91 Å². The number of carbonyl (C=O) groups excluding carboxylic acids is 1. The lowest BCUT2D eigenvalue weighted by molar-refractivity contribution is 0.102. The lowest BCUT2D eigenvalue weighted by Crippen LogP contribution is -2.11. The Kier molecular flexibility index (Phi) is 5.61. The van der Waals surface area contributed by atoms with Crippen molar-refractivity contribution >= 4 is 39.7 Å². The van der Waals surface area contributed by atoms with Gasteiger partial charge in [0.2, 0.25) is 0 Å². The fourth-order valence-electron chi connectivity index (χ4n) is 3.53. The topological polar surface area (TPSA) is 96.2 Å². The smallest absolute Gasteiger partial charge is 0.255 e. The second kappa shape index (κ2) is 9.03. The fraction of sp³-hybridized carbons (Fsp3) is 0.0769. The predicted octanol–water partition coefficient (Wildman–Crippen LogP) is 5.35. The molecule has 8 nitrogen and oxygen atoms in total. The van der Waals surface area contributed by atoms with E-state index < -0.39 is 0 Å². The number of nitrogens with zero attached hydrogens (tertiary/aromatic N) is 4. The average Bonchev–Trinajstić information content (AvgIpc) is 3.29. The van der Waals surface area contributed by atoms with Crippen molar-refractivity contribution in [1.29, 1.82) is 0 Å². The predicted molar refractivity (Wildman–Crippen MR) is 133 cm³/mol. The second-order valence-electron chi connectivity index (χ2n) is 7.96. The monoisotopic (exact) mass is 450 g/mol. The molecule has 0 aliphatic heterocycles. The van der Waals surface area contributed by atoms with Crippen LogP contribution in [0.15, 0.2) is 89.6 Å². The average molecular weight is 451 g/mol. The van der Waals surface area contributed by atoms with Gasteiger partial charge in [-0.05, 0) is 42.5 Å². The van der Waals surface area contributed by atoms with Crippen LogP contribution in [-0.2, 0) is 0 Å². The lowest BCUT2D eigenvalue weighted by atomic mass is 10.1. The van der Waals surface area contributed by atoms with E-state index in [4.69, 9.17) is 4.52 Å². The Bertz CT molecular complexity index is 1450. The van der Waals surface area contributed by atoms with Crippen LogP contribution in [0.25, 0.3) is 22.2 Å². The van der Waals surface area contributed by atoms with Gasteiger partial charge in [0.1, 0.15) is 5.52 Å². The molecule has 0 unspecified atom stereocenters. The number of nitrogens with one attached hydrogen (secondary N) is 2. The van der Waals surface area contributed by atoms with Crippen LogP contribution in [-0.4, -0.2) is 35.4 Å². The summed E-state index contributed by atoms with van der Waals surface area (Å²) >= 11 is 0. The molecule has 1 amide bonds. The third kappa shape index (κ3) is 4.42. The molecule has 168 valence electrons. The molecular weight excluding hydrogens is 428 g/mol. The Hall–Kier alpha value is -4.72. The first-order valence-electron chi connectivity index (χ1n) is 10.7. The summed E-state index contributed by atoms with van der Waals surface area (Å²) in [6.45, 7) is 0. The van der Waals surface area contributed by atoms with Gasteiger partial charge in [-0.15, -0.1) is 5.10 Å². The van der Waals surface area contributed by atoms with Crippen LogP contribution in [0.4, 0.5) is 22.9 Å². The fourth-order valence-corrected chi connectivity index (χ4v) is 3.53. The van der Waals surface area contributed by atoms with Crippen LogP contribution in [0, 0.1) is 0 Å². The van der Waals surface area contributed by atoms with Gasteiger partial charge in [0.15, 0.2) is 11.6 Å². The minimum atomic E-state index is -0.215. The number of amides is 1. The van der Waals surface area contributed by atoms with E-state index in [0.717, 1.165) is 22.3 Å². The molecule has 3 aromatic carbocycles. The summed E-state index contributed by atoms with van der Waals surface area (Å²) < 4.78 is 5.54. The molecule has 5 aromatic rings. The van der Waals surface area contributed by atoms with Crippen LogP contribution in [0.5, 0.6) is 0 Å². The molecule has 0 aliphatic rings. The number of anilines is 4. The summed E-state index contributed by atoms with van der Waals surface area (Å²) in [5.41, 5.74) is 4.59. The largest absolute Gasteiger partial charge is 0.376 e. The molecule has 8 heteroatoms. The van der Waals surface area contributed by atoms with E-state index in [1.165, 1.54) is 0 Å². The van der Waals surface area contributed by atoms with Crippen molar-refractivity contribution in [1.82, 2.24) is 15.4 Å². The number of rotatable bonds is 6. The zero-order valence-electron chi connectivity index (χ0n) is 18.7. The minimum absolute atomic E-state index is 0.215. The van der Waals surface area contributed by atoms with E-state index in [1.807, 2.05) is 79.7 Å². The Morgan fingerprint density at radius 2 is 1.68 bits per heavy atom. The summed E-state index contributed by atoms with van der Waals surface area (Å²) in [5.74, 6) is 1.06. The zero-order chi connectivity index (χ0) is 23.5. The van der Waals surface area contributed by atoms with Gasteiger partial charge in [0.05, 0.1) is 17.3 Å². The molecule has 0 saturated heterocycles. The Labute approximate surface area is 196 Å². The summed E-state index contributed by atoms with van der Waals surface area (Å²) in [7, 11) is 3.89. The van der Waals surface area contributed by atoms with Gasteiger partial charge in [0.25, 0.3) is 5.91 Å².